The second kappa shape index (κ2) is 4.15. The van der Waals surface area contributed by atoms with Crippen molar-refractivity contribution in [2.45, 2.75) is 76.0 Å². The molecule has 0 radical (unpaired) electrons. The van der Waals surface area contributed by atoms with E-state index in [9.17, 15) is 4.79 Å². The third-order valence-corrected chi connectivity index (χ3v) is 8.42. The first-order valence-electron chi connectivity index (χ1n) is 9.33. The van der Waals surface area contributed by atoms with Crippen LogP contribution in [0.25, 0.3) is 0 Å². The Balaban J connectivity index is 1.45. The van der Waals surface area contributed by atoms with Crippen molar-refractivity contribution < 1.29 is 13.9 Å². The number of alkyl halides is 1. The molecule has 0 aromatic rings. The van der Waals surface area contributed by atoms with E-state index in [2.05, 4.69) is 6.92 Å². The van der Waals surface area contributed by atoms with Gasteiger partial charge in [-0.05, 0) is 75.0 Å². The molecule has 2 unspecified atom stereocenters. The van der Waals surface area contributed by atoms with Crippen LogP contribution in [0.5, 0.6) is 0 Å². The number of halogens is 1. The summed E-state index contributed by atoms with van der Waals surface area (Å²) in [5.41, 5.74) is -1.02. The van der Waals surface area contributed by atoms with Gasteiger partial charge in [0.2, 0.25) is 0 Å². The van der Waals surface area contributed by atoms with Crippen LogP contribution in [-0.2, 0) is 9.53 Å². The monoisotopic (exact) mass is 306 g/mol. The van der Waals surface area contributed by atoms with Gasteiger partial charge in [0.15, 0.2) is 0 Å². The average Bonchev–Trinajstić information content (AvgIpc) is 3.19. The minimum atomic E-state index is -0.965. The molecule has 0 aromatic carbocycles. The molecule has 1 heterocycles. The van der Waals surface area contributed by atoms with E-state index in [4.69, 9.17) is 4.74 Å². The molecule has 5 rings (SSSR count). The van der Waals surface area contributed by atoms with Crippen LogP contribution < -0.4 is 0 Å². The molecule has 3 heteroatoms. The number of ketones is 1. The lowest BCUT2D eigenvalue weighted by Gasteiger charge is -2.57. The molecule has 7 atom stereocenters. The number of Topliss-reactive ketones (excluding diaryl/α,β-unsaturated/α-hetero) is 1. The van der Waals surface area contributed by atoms with Gasteiger partial charge in [0, 0.05) is 11.8 Å². The number of fused-ring (bicyclic) bond motifs is 5. The SMILES string of the molecule is C[C@]12CCC3[C@@H](CC[C@@H]4CC5(CC[C@]34F)CO5)[C@@H]1CCC2=O. The van der Waals surface area contributed by atoms with Gasteiger partial charge >= 0.3 is 0 Å². The van der Waals surface area contributed by atoms with Gasteiger partial charge in [-0.3, -0.25) is 4.79 Å². The highest BCUT2D eigenvalue weighted by atomic mass is 19.1. The highest BCUT2D eigenvalue weighted by molar-refractivity contribution is 5.87. The fraction of sp³-hybridized carbons (Fsp3) is 0.947. The van der Waals surface area contributed by atoms with Crippen LogP contribution in [-0.4, -0.2) is 23.7 Å². The second-order valence-electron chi connectivity index (χ2n) is 9.17. The molecular weight excluding hydrogens is 279 g/mol. The molecule has 0 N–H and O–H groups in total. The van der Waals surface area contributed by atoms with Crippen LogP contribution in [0.3, 0.4) is 0 Å². The first-order valence-corrected chi connectivity index (χ1v) is 9.33. The summed E-state index contributed by atoms with van der Waals surface area (Å²) in [6, 6.07) is 0. The number of hydrogen-bond acceptors (Lipinski definition) is 2. The Morgan fingerprint density at radius 2 is 1.91 bits per heavy atom. The summed E-state index contributed by atoms with van der Waals surface area (Å²) in [6.45, 7) is 3.04. The summed E-state index contributed by atoms with van der Waals surface area (Å²) in [6.07, 6.45) is 8.36. The Hall–Kier alpha value is -0.440. The summed E-state index contributed by atoms with van der Waals surface area (Å²) in [7, 11) is 0. The third kappa shape index (κ3) is 1.62. The van der Waals surface area contributed by atoms with Crippen LogP contribution in [0.15, 0.2) is 0 Å². The zero-order valence-electron chi connectivity index (χ0n) is 13.6. The van der Waals surface area contributed by atoms with Crippen LogP contribution in [0, 0.1) is 29.1 Å². The van der Waals surface area contributed by atoms with Crippen LogP contribution >= 0.6 is 0 Å². The fourth-order valence-corrected chi connectivity index (χ4v) is 6.99. The van der Waals surface area contributed by atoms with E-state index in [1.165, 1.54) is 0 Å². The predicted octanol–water partition coefficient (Wildman–Crippen LogP) is 4.07. The minimum absolute atomic E-state index is 0.0690. The Bertz CT molecular complexity index is 528. The predicted molar refractivity (Wildman–Crippen MR) is 81.1 cm³/mol. The summed E-state index contributed by atoms with van der Waals surface area (Å²) in [5.74, 6) is 1.80. The zero-order chi connectivity index (χ0) is 15.2. The molecule has 1 aliphatic heterocycles. The molecule has 1 saturated heterocycles. The van der Waals surface area contributed by atoms with Crippen molar-refractivity contribution in [3.8, 4) is 0 Å². The molecule has 5 fully saturated rings. The molecule has 22 heavy (non-hydrogen) atoms. The third-order valence-electron chi connectivity index (χ3n) is 8.42. The lowest BCUT2D eigenvalue weighted by atomic mass is 9.49. The van der Waals surface area contributed by atoms with E-state index < -0.39 is 5.67 Å². The summed E-state index contributed by atoms with van der Waals surface area (Å²) < 4.78 is 21.7. The van der Waals surface area contributed by atoms with E-state index in [0.717, 1.165) is 58.0 Å². The first-order chi connectivity index (χ1) is 10.5. The van der Waals surface area contributed by atoms with E-state index in [0.29, 0.717) is 24.0 Å². The van der Waals surface area contributed by atoms with Gasteiger partial charge in [-0.2, -0.15) is 0 Å². The largest absolute Gasteiger partial charge is 0.370 e. The standard InChI is InChI=1S/C19H27FO2/c1-17-7-6-15-13(14(17)4-5-16(17)21)3-2-12-10-18(11-22-18)8-9-19(12,15)20/h12-15H,2-11H2,1H3/t12-,13+,14+,15?,17+,18?,19-/m1/s1. The Kier molecular flexibility index (Phi) is 2.63. The van der Waals surface area contributed by atoms with Crippen molar-refractivity contribution in [3.05, 3.63) is 0 Å². The number of rotatable bonds is 0. The summed E-state index contributed by atoms with van der Waals surface area (Å²) >= 11 is 0. The van der Waals surface area contributed by atoms with E-state index in [1.54, 1.807) is 0 Å². The molecule has 0 aromatic heterocycles. The maximum Gasteiger partial charge on any atom is 0.139 e. The Morgan fingerprint density at radius 3 is 2.68 bits per heavy atom. The lowest BCUT2D eigenvalue weighted by molar-refractivity contribution is -0.149. The van der Waals surface area contributed by atoms with Gasteiger partial charge in [0.1, 0.15) is 11.5 Å². The lowest BCUT2D eigenvalue weighted by Crippen LogP contribution is -2.57. The number of ether oxygens (including phenoxy) is 1. The molecule has 2 nitrogen and oxygen atoms in total. The maximum absolute atomic E-state index is 16.1. The van der Waals surface area contributed by atoms with E-state index >= 15 is 4.39 Å². The molecule has 0 amide bonds. The average molecular weight is 306 g/mol. The maximum atomic E-state index is 16.1. The Labute approximate surface area is 132 Å². The summed E-state index contributed by atoms with van der Waals surface area (Å²) in [4.78, 5) is 12.4. The van der Waals surface area contributed by atoms with Crippen molar-refractivity contribution in [1.82, 2.24) is 0 Å². The van der Waals surface area contributed by atoms with Gasteiger partial charge in [-0.25, -0.2) is 4.39 Å². The van der Waals surface area contributed by atoms with Gasteiger partial charge < -0.3 is 4.74 Å². The van der Waals surface area contributed by atoms with Gasteiger partial charge in [0.05, 0.1) is 12.2 Å². The van der Waals surface area contributed by atoms with Gasteiger partial charge in [-0.1, -0.05) is 6.92 Å². The van der Waals surface area contributed by atoms with Gasteiger partial charge in [-0.15, -0.1) is 0 Å². The van der Waals surface area contributed by atoms with Crippen LogP contribution in [0.4, 0.5) is 4.39 Å². The first kappa shape index (κ1) is 13.9. The molecule has 5 aliphatic rings. The highest BCUT2D eigenvalue weighted by Gasteiger charge is 2.65. The fourth-order valence-electron chi connectivity index (χ4n) is 6.99. The molecule has 4 aliphatic carbocycles. The molecule has 4 saturated carbocycles. The topological polar surface area (TPSA) is 29.6 Å². The minimum Gasteiger partial charge on any atom is -0.370 e. The van der Waals surface area contributed by atoms with Crippen molar-refractivity contribution in [2.75, 3.05) is 6.61 Å². The normalized spacial score (nSPS) is 59.8. The number of carbonyl (C=O) groups excluding carboxylic acids is 1. The summed E-state index contributed by atoms with van der Waals surface area (Å²) in [5, 5.41) is 0. The van der Waals surface area contributed by atoms with Crippen molar-refractivity contribution >= 4 is 5.78 Å². The Morgan fingerprint density at radius 1 is 1.09 bits per heavy atom. The van der Waals surface area contributed by atoms with E-state index in [1.807, 2.05) is 0 Å². The van der Waals surface area contributed by atoms with Crippen molar-refractivity contribution in [1.29, 1.82) is 0 Å². The molecule has 0 bridgehead atoms. The van der Waals surface area contributed by atoms with Crippen LogP contribution in [0.1, 0.15) is 64.7 Å². The molecule has 122 valence electrons. The smallest absolute Gasteiger partial charge is 0.139 e. The quantitative estimate of drug-likeness (QED) is 0.631. The highest BCUT2D eigenvalue weighted by Crippen LogP contribution is 2.65. The number of hydrogen-bond donors (Lipinski definition) is 0. The number of carbonyl (C=O) groups is 1. The second-order valence-corrected chi connectivity index (χ2v) is 9.17. The van der Waals surface area contributed by atoms with Crippen LogP contribution in [0.2, 0.25) is 0 Å². The van der Waals surface area contributed by atoms with Crippen molar-refractivity contribution in [2.24, 2.45) is 29.1 Å². The zero-order valence-corrected chi connectivity index (χ0v) is 13.6. The molecule has 1 spiro atoms. The number of epoxide rings is 1. The van der Waals surface area contributed by atoms with Gasteiger partial charge in [0.25, 0.3) is 0 Å². The van der Waals surface area contributed by atoms with E-state index in [-0.39, 0.29) is 22.9 Å². The molecular formula is C19H27FO2. The van der Waals surface area contributed by atoms with Crippen molar-refractivity contribution in [3.63, 3.8) is 0 Å².